The summed E-state index contributed by atoms with van der Waals surface area (Å²) in [6.45, 7) is 0. The number of benzene rings is 1. The molecule has 2 rings (SSSR count). The number of anilines is 1. The summed E-state index contributed by atoms with van der Waals surface area (Å²) in [4.78, 5) is 11.0. The fourth-order valence-electron chi connectivity index (χ4n) is 1.99. The van der Waals surface area contributed by atoms with E-state index in [1.807, 2.05) is 0 Å². The SMILES string of the molecule is Cn1cccc1-c1cc(C(=O)O)c(N)cc1C(F)(F)F. The number of aryl methyl sites for hydroxylation is 1. The highest BCUT2D eigenvalue weighted by atomic mass is 19.4. The number of hydrogen-bond donors (Lipinski definition) is 2. The second-order valence-corrected chi connectivity index (χ2v) is 4.29. The van der Waals surface area contributed by atoms with E-state index in [4.69, 9.17) is 10.8 Å². The molecule has 0 saturated carbocycles. The van der Waals surface area contributed by atoms with Crippen molar-refractivity contribution in [3.63, 3.8) is 0 Å². The Morgan fingerprint density at radius 3 is 2.45 bits per heavy atom. The number of hydrogen-bond acceptors (Lipinski definition) is 2. The predicted octanol–water partition coefficient (Wildman–Crippen LogP) is 2.99. The zero-order valence-corrected chi connectivity index (χ0v) is 10.4. The third kappa shape index (κ3) is 2.34. The zero-order valence-electron chi connectivity index (χ0n) is 10.4. The maximum Gasteiger partial charge on any atom is 0.417 e. The van der Waals surface area contributed by atoms with Crippen LogP contribution in [0.1, 0.15) is 15.9 Å². The molecule has 0 bridgehead atoms. The van der Waals surface area contributed by atoms with Gasteiger partial charge in [-0.15, -0.1) is 0 Å². The average Bonchev–Trinajstić information content (AvgIpc) is 2.73. The molecule has 0 saturated heterocycles. The second kappa shape index (κ2) is 4.59. The van der Waals surface area contributed by atoms with Crippen LogP contribution in [0.25, 0.3) is 11.3 Å². The molecule has 0 amide bonds. The molecule has 7 heteroatoms. The molecule has 0 atom stereocenters. The standard InChI is InChI=1S/C13H11F3N2O2/c1-18-4-2-3-11(18)7-5-8(12(19)20)10(17)6-9(7)13(14,15)16/h2-6H,17H2,1H3,(H,19,20). The number of aromatic nitrogens is 1. The highest BCUT2D eigenvalue weighted by Crippen LogP contribution is 2.39. The van der Waals surface area contributed by atoms with Crippen molar-refractivity contribution >= 4 is 11.7 Å². The smallest absolute Gasteiger partial charge is 0.417 e. The van der Waals surface area contributed by atoms with Gasteiger partial charge >= 0.3 is 12.1 Å². The van der Waals surface area contributed by atoms with Crippen molar-refractivity contribution in [1.29, 1.82) is 0 Å². The number of carboxylic acids is 1. The third-order valence-corrected chi connectivity index (χ3v) is 2.95. The maximum absolute atomic E-state index is 13.1. The first-order valence-electron chi connectivity index (χ1n) is 5.57. The van der Waals surface area contributed by atoms with Crippen molar-refractivity contribution in [3.8, 4) is 11.3 Å². The third-order valence-electron chi connectivity index (χ3n) is 2.95. The van der Waals surface area contributed by atoms with E-state index in [0.717, 1.165) is 6.07 Å². The molecular weight excluding hydrogens is 273 g/mol. The second-order valence-electron chi connectivity index (χ2n) is 4.29. The highest BCUT2D eigenvalue weighted by Gasteiger charge is 2.35. The lowest BCUT2D eigenvalue weighted by Gasteiger charge is -2.16. The maximum atomic E-state index is 13.1. The van der Waals surface area contributed by atoms with Gasteiger partial charge in [-0.25, -0.2) is 4.79 Å². The van der Waals surface area contributed by atoms with Crippen molar-refractivity contribution in [3.05, 3.63) is 41.6 Å². The van der Waals surface area contributed by atoms with Crippen molar-refractivity contribution in [2.75, 3.05) is 5.73 Å². The molecule has 20 heavy (non-hydrogen) atoms. The highest BCUT2D eigenvalue weighted by molar-refractivity contribution is 5.95. The number of halogens is 3. The lowest BCUT2D eigenvalue weighted by molar-refractivity contribution is -0.137. The predicted molar refractivity (Wildman–Crippen MR) is 67.2 cm³/mol. The summed E-state index contributed by atoms with van der Waals surface area (Å²) < 4.78 is 40.7. The van der Waals surface area contributed by atoms with Crippen LogP contribution < -0.4 is 5.73 Å². The van der Waals surface area contributed by atoms with Crippen LogP contribution in [-0.4, -0.2) is 15.6 Å². The van der Waals surface area contributed by atoms with Crippen molar-refractivity contribution in [1.82, 2.24) is 4.57 Å². The molecule has 0 aliphatic rings. The van der Waals surface area contributed by atoms with Gasteiger partial charge < -0.3 is 15.4 Å². The Balaban J connectivity index is 2.79. The molecule has 0 unspecified atom stereocenters. The lowest BCUT2D eigenvalue weighted by Crippen LogP contribution is -2.12. The van der Waals surface area contributed by atoms with E-state index in [1.54, 1.807) is 19.3 Å². The van der Waals surface area contributed by atoms with E-state index in [2.05, 4.69) is 0 Å². The van der Waals surface area contributed by atoms with Crippen LogP contribution in [0.15, 0.2) is 30.5 Å². The van der Waals surface area contributed by atoms with E-state index >= 15 is 0 Å². The molecule has 1 aromatic carbocycles. The van der Waals surface area contributed by atoms with Crippen LogP contribution in [0, 0.1) is 0 Å². The number of alkyl halides is 3. The van der Waals surface area contributed by atoms with Gasteiger partial charge in [-0.2, -0.15) is 13.2 Å². The average molecular weight is 284 g/mol. The first-order valence-corrected chi connectivity index (χ1v) is 5.57. The summed E-state index contributed by atoms with van der Waals surface area (Å²) in [5.41, 5.74) is 3.72. The number of nitrogens with zero attached hydrogens (tertiary/aromatic N) is 1. The van der Waals surface area contributed by atoms with Gasteiger partial charge in [-0.1, -0.05) is 0 Å². The van der Waals surface area contributed by atoms with Crippen LogP contribution in [0.2, 0.25) is 0 Å². The number of nitrogen functional groups attached to an aromatic ring is 1. The topological polar surface area (TPSA) is 68.2 Å². The first kappa shape index (κ1) is 14.0. The Kier molecular flexibility index (Phi) is 3.21. The van der Waals surface area contributed by atoms with Gasteiger partial charge in [0.25, 0.3) is 0 Å². The summed E-state index contributed by atoms with van der Waals surface area (Å²) >= 11 is 0. The van der Waals surface area contributed by atoms with Crippen LogP contribution in [-0.2, 0) is 13.2 Å². The molecule has 0 spiro atoms. The summed E-state index contributed by atoms with van der Waals surface area (Å²) in [6.07, 6.45) is -3.04. The Morgan fingerprint density at radius 1 is 1.35 bits per heavy atom. The molecule has 0 fully saturated rings. The fraction of sp³-hybridized carbons (Fsp3) is 0.154. The van der Waals surface area contributed by atoms with E-state index < -0.39 is 23.4 Å². The van der Waals surface area contributed by atoms with Crippen LogP contribution >= 0.6 is 0 Å². The molecule has 1 aromatic heterocycles. The van der Waals surface area contributed by atoms with Gasteiger partial charge in [-0.05, 0) is 24.3 Å². The molecule has 4 nitrogen and oxygen atoms in total. The minimum Gasteiger partial charge on any atom is -0.478 e. The van der Waals surface area contributed by atoms with Crippen molar-refractivity contribution in [2.45, 2.75) is 6.18 Å². The fourth-order valence-corrected chi connectivity index (χ4v) is 1.99. The number of carboxylic acid groups (broad SMARTS) is 1. The van der Waals surface area contributed by atoms with Crippen molar-refractivity contribution in [2.24, 2.45) is 7.05 Å². The van der Waals surface area contributed by atoms with Crippen LogP contribution in [0.3, 0.4) is 0 Å². The molecule has 0 aliphatic carbocycles. The normalized spacial score (nSPS) is 11.6. The van der Waals surface area contributed by atoms with E-state index in [9.17, 15) is 18.0 Å². The van der Waals surface area contributed by atoms with E-state index in [0.29, 0.717) is 6.07 Å². The Hall–Kier alpha value is -2.44. The van der Waals surface area contributed by atoms with Gasteiger partial charge in [0.2, 0.25) is 0 Å². The van der Waals surface area contributed by atoms with Gasteiger partial charge in [0.05, 0.1) is 11.1 Å². The Morgan fingerprint density at radius 2 is 2.00 bits per heavy atom. The monoisotopic (exact) mass is 284 g/mol. The number of aromatic carboxylic acids is 1. The van der Waals surface area contributed by atoms with Crippen molar-refractivity contribution < 1.29 is 23.1 Å². The van der Waals surface area contributed by atoms with E-state index in [1.165, 1.54) is 10.6 Å². The number of rotatable bonds is 2. The van der Waals surface area contributed by atoms with Crippen LogP contribution in [0.4, 0.5) is 18.9 Å². The number of nitrogens with two attached hydrogens (primary N) is 1. The molecule has 2 aromatic rings. The minimum absolute atomic E-state index is 0.211. The Labute approximate surface area is 112 Å². The quantitative estimate of drug-likeness (QED) is 0.833. The molecule has 1 heterocycles. The molecular formula is C13H11F3N2O2. The van der Waals surface area contributed by atoms with E-state index in [-0.39, 0.29) is 16.8 Å². The molecule has 0 radical (unpaired) electrons. The van der Waals surface area contributed by atoms with Crippen LogP contribution in [0.5, 0.6) is 0 Å². The van der Waals surface area contributed by atoms with Gasteiger partial charge in [0.15, 0.2) is 0 Å². The first-order chi connectivity index (χ1) is 9.21. The largest absolute Gasteiger partial charge is 0.478 e. The molecule has 0 aliphatic heterocycles. The summed E-state index contributed by atoms with van der Waals surface area (Å²) in [5.74, 6) is -1.37. The van der Waals surface area contributed by atoms with Gasteiger partial charge in [-0.3, -0.25) is 0 Å². The summed E-state index contributed by atoms with van der Waals surface area (Å²) in [6, 6.07) is 4.67. The lowest BCUT2D eigenvalue weighted by atomic mass is 9.99. The summed E-state index contributed by atoms with van der Waals surface area (Å²) in [5, 5.41) is 8.98. The Bertz CT molecular complexity index is 675. The zero-order chi connectivity index (χ0) is 15.1. The minimum atomic E-state index is -4.62. The van der Waals surface area contributed by atoms with Gasteiger partial charge in [0, 0.05) is 30.2 Å². The summed E-state index contributed by atoms with van der Waals surface area (Å²) in [7, 11) is 1.58. The molecule has 106 valence electrons. The van der Waals surface area contributed by atoms with Gasteiger partial charge in [0.1, 0.15) is 0 Å². The molecule has 3 N–H and O–H groups in total. The number of carbonyl (C=O) groups is 1.